The molecule has 1 heteroatoms. The molecule has 0 radical (unpaired) electrons. The van der Waals surface area contributed by atoms with Crippen LogP contribution in [0.4, 0.5) is 0 Å². The molecule has 0 aromatic heterocycles. The Morgan fingerprint density at radius 2 is 1.57 bits per heavy atom. The van der Waals surface area contributed by atoms with Crippen molar-refractivity contribution in [1.29, 1.82) is 0 Å². The van der Waals surface area contributed by atoms with E-state index in [0.717, 1.165) is 6.54 Å². The normalized spacial score (nSPS) is 12.2. The zero-order chi connectivity index (χ0) is 14.5. The fourth-order valence-electron chi connectivity index (χ4n) is 2.67. The minimum atomic E-state index is 0.149. The molecule has 3 aromatic rings. The van der Waals surface area contributed by atoms with Crippen LogP contribution in [0.1, 0.15) is 17.2 Å². The predicted octanol–water partition coefficient (Wildman–Crippen LogP) is 4.86. The number of nitrogens with one attached hydrogen (secondary N) is 1. The molecular formula is C20H19N. The van der Waals surface area contributed by atoms with E-state index in [-0.39, 0.29) is 6.04 Å². The molecule has 0 saturated heterocycles. The van der Waals surface area contributed by atoms with Crippen LogP contribution in [0.15, 0.2) is 85.5 Å². The van der Waals surface area contributed by atoms with Crippen molar-refractivity contribution >= 4 is 10.8 Å². The largest absolute Gasteiger partial charge is 0.303 e. The second-order valence-corrected chi connectivity index (χ2v) is 5.15. The van der Waals surface area contributed by atoms with Gasteiger partial charge < -0.3 is 5.32 Å². The van der Waals surface area contributed by atoms with E-state index in [2.05, 4.69) is 78.6 Å². The summed E-state index contributed by atoms with van der Waals surface area (Å²) >= 11 is 0. The SMILES string of the molecule is C=CC(NCc1ccccc1)c1cccc2ccccc12. The second kappa shape index (κ2) is 6.38. The van der Waals surface area contributed by atoms with Crippen LogP contribution in [-0.4, -0.2) is 0 Å². The molecule has 1 unspecified atom stereocenters. The van der Waals surface area contributed by atoms with Gasteiger partial charge in [0.15, 0.2) is 0 Å². The average Bonchev–Trinajstić information content (AvgIpc) is 2.56. The Morgan fingerprint density at radius 3 is 2.38 bits per heavy atom. The van der Waals surface area contributed by atoms with Gasteiger partial charge in [-0.15, -0.1) is 6.58 Å². The van der Waals surface area contributed by atoms with Gasteiger partial charge in [0.2, 0.25) is 0 Å². The van der Waals surface area contributed by atoms with Gasteiger partial charge in [0.1, 0.15) is 0 Å². The lowest BCUT2D eigenvalue weighted by Gasteiger charge is -2.17. The average molecular weight is 273 g/mol. The zero-order valence-corrected chi connectivity index (χ0v) is 12.0. The van der Waals surface area contributed by atoms with Crippen LogP contribution >= 0.6 is 0 Å². The molecule has 0 spiro atoms. The summed E-state index contributed by atoms with van der Waals surface area (Å²) < 4.78 is 0. The Morgan fingerprint density at radius 1 is 0.857 bits per heavy atom. The van der Waals surface area contributed by atoms with Gasteiger partial charge in [-0.25, -0.2) is 0 Å². The topological polar surface area (TPSA) is 12.0 Å². The number of benzene rings is 3. The molecule has 0 bridgehead atoms. The molecular weight excluding hydrogens is 254 g/mol. The summed E-state index contributed by atoms with van der Waals surface area (Å²) in [5.41, 5.74) is 2.56. The molecule has 1 N–H and O–H groups in total. The highest BCUT2D eigenvalue weighted by atomic mass is 14.9. The van der Waals surface area contributed by atoms with Crippen LogP contribution in [-0.2, 0) is 6.54 Å². The van der Waals surface area contributed by atoms with E-state index in [4.69, 9.17) is 0 Å². The molecule has 0 amide bonds. The van der Waals surface area contributed by atoms with Crippen molar-refractivity contribution in [2.24, 2.45) is 0 Å². The monoisotopic (exact) mass is 273 g/mol. The lowest BCUT2D eigenvalue weighted by Crippen LogP contribution is -2.19. The maximum Gasteiger partial charge on any atom is 0.0512 e. The molecule has 0 aliphatic rings. The van der Waals surface area contributed by atoms with Crippen molar-refractivity contribution in [3.05, 3.63) is 96.6 Å². The minimum Gasteiger partial charge on any atom is -0.303 e. The Kier molecular flexibility index (Phi) is 4.13. The van der Waals surface area contributed by atoms with Crippen LogP contribution < -0.4 is 5.32 Å². The zero-order valence-electron chi connectivity index (χ0n) is 12.0. The number of fused-ring (bicyclic) bond motifs is 1. The van der Waals surface area contributed by atoms with Crippen LogP contribution in [0.3, 0.4) is 0 Å². The Balaban J connectivity index is 1.86. The van der Waals surface area contributed by atoms with E-state index in [1.807, 2.05) is 12.1 Å². The van der Waals surface area contributed by atoms with Crippen molar-refractivity contribution in [1.82, 2.24) is 5.32 Å². The van der Waals surface area contributed by atoms with Gasteiger partial charge in [-0.05, 0) is 21.9 Å². The van der Waals surface area contributed by atoms with Gasteiger partial charge in [-0.2, -0.15) is 0 Å². The molecule has 104 valence electrons. The van der Waals surface area contributed by atoms with Crippen LogP contribution in [0.5, 0.6) is 0 Å². The molecule has 21 heavy (non-hydrogen) atoms. The van der Waals surface area contributed by atoms with Crippen LogP contribution in [0.25, 0.3) is 10.8 Å². The van der Waals surface area contributed by atoms with Gasteiger partial charge >= 0.3 is 0 Å². The molecule has 0 saturated carbocycles. The highest BCUT2D eigenvalue weighted by Gasteiger charge is 2.10. The lowest BCUT2D eigenvalue weighted by atomic mass is 9.98. The van der Waals surface area contributed by atoms with Gasteiger partial charge in [0, 0.05) is 6.54 Å². The van der Waals surface area contributed by atoms with Crippen molar-refractivity contribution in [3.8, 4) is 0 Å². The van der Waals surface area contributed by atoms with Gasteiger partial charge in [0.25, 0.3) is 0 Å². The molecule has 1 nitrogen and oxygen atoms in total. The molecule has 3 aromatic carbocycles. The third-order valence-electron chi connectivity index (χ3n) is 3.76. The number of hydrogen-bond donors (Lipinski definition) is 1. The molecule has 0 aliphatic carbocycles. The smallest absolute Gasteiger partial charge is 0.0512 e. The maximum atomic E-state index is 3.99. The summed E-state index contributed by atoms with van der Waals surface area (Å²) in [5.74, 6) is 0. The molecule has 3 rings (SSSR count). The van der Waals surface area contributed by atoms with Crippen molar-refractivity contribution in [2.45, 2.75) is 12.6 Å². The van der Waals surface area contributed by atoms with Crippen molar-refractivity contribution < 1.29 is 0 Å². The van der Waals surface area contributed by atoms with Crippen LogP contribution in [0, 0.1) is 0 Å². The highest BCUT2D eigenvalue weighted by Crippen LogP contribution is 2.25. The fourth-order valence-corrected chi connectivity index (χ4v) is 2.67. The van der Waals surface area contributed by atoms with Gasteiger partial charge in [0.05, 0.1) is 6.04 Å². The molecule has 0 aliphatic heterocycles. The van der Waals surface area contributed by atoms with E-state index in [1.165, 1.54) is 21.9 Å². The summed E-state index contributed by atoms with van der Waals surface area (Å²) in [6.07, 6.45) is 1.98. The summed E-state index contributed by atoms with van der Waals surface area (Å²) in [6.45, 7) is 4.83. The van der Waals surface area contributed by atoms with E-state index >= 15 is 0 Å². The number of hydrogen-bond acceptors (Lipinski definition) is 1. The minimum absolute atomic E-state index is 0.149. The summed E-state index contributed by atoms with van der Waals surface area (Å²) in [7, 11) is 0. The summed E-state index contributed by atoms with van der Waals surface area (Å²) in [6, 6.07) is 25.5. The Labute approximate surface area is 125 Å². The molecule has 0 fully saturated rings. The summed E-state index contributed by atoms with van der Waals surface area (Å²) in [4.78, 5) is 0. The van der Waals surface area contributed by atoms with E-state index < -0.39 is 0 Å². The van der Waals surface area contributed by atoms with E-state index in [0.29, 0.717) is 0 Å². The molecule has 0 heterocycles. The van der Waals surface area contributed by atoms with Crippen LogP contribution in [0.2, 0.25) is 0 Å². The van der Waals surface area contributed by atoms with E-state index in [9.17, 15) is 0 Å². The fraction of sp³-hybridized carbons (Fsp3) is 0.100. The quantitative estimate of drug-likeness (QED) is 0.655. The van der Waals surface area contributed by atoms with Crippen molar-refractivity contribution in [3.63, 3.8) is 0 Å². The third-order valence-corrected chi connectivity index (χ3v) is 3.76. The first-order valence-corrected chi connectivity index (χ1v) is 7.26. The first kappa shape index (κ1) is 13.6. The first-order valence-electron chi connectivity index (χ1n) is 7.26. The van der Waals surface area contributed by atoms with Gasteiger partial charge in [-0.1, -0.05) is 78.9 Å². The predicted molar refractivity (Wildman–Crippen MR) is 90.2 cm³/mol. The molecule has 1 atom stereocenters. The maximum absolute atomic E-state index is 3.99. The first-order chi connectivity index (χ1) is 10.4. The van der Waals surface area contributed by atoms with E-state index in [1.54, 1.807) is 0 Å². The standard InChI is InChI=1S/C20H19N/c1-2-20(21-15-16-9-4-3-5-10-16)19-14-8-12-17-11-6-7-13-18(17)19/h2-14,20-21H,1,15H2. The Hall–Kier alpha value is -2.38. The highest BCUT2D eigenvalue weighted by molar-refractivity contribution is 5.86. The lowest BCUT2D eigenvalue weighted by molar-refractivity contribution is 0.625. The van der Waals surface area contributed by atoms with Crippen molar-refractivity contribution in [2.75, 3.05) is 0 Å². The number of rotatable bonds is 5. The third kappa shape index (κ3) is 3.04. The van der Waals surface area contributed by atoms with Gasteiger partial charge in [-0.3, -0.25) is 0 Å². The Bertz CT molecular complexity index is 726. The summed E-state index contributed by atoms with van der Waals surface area (Å²) in [5, 5.41) is 6.13. The second-order valence-electron chi connectivity index (χ2n) is 5.15.